The van der Waals surface area contributed by atoms with E-state index in [2.05, 4.69) is 0 Å². The molecule has 2 N–H and O–H groups in total. The Labute approximate surface area is 82.3 Å². The van der Waals surface area contributed by atoms with Crippen LogP contribution >= 0.6 is 0 Å². The molecule has 1 aromatic rings. The van der Waals surface area contributed by atoms with Gasteiger partial charge in [-0.3, -0.25) is 0 Å². The first kappa shape index (κ1) is 11.1. The van der Waals surface area contributed by atoms with Gasteiger partial charge >= 0.3 is 0 Å². The van der Waals surface area contributed by atoms with Gasteiger partial charge in [0.05, 0.1) is 0 Å². The van der Waals surface area contributed by atoms with Crippen LogP contribution in [0, 0.1) is 11.6 Å². The number of nitrogens with two attached hydrogens (primary N) is 1. The van der Waals surface area contributed by atoms with Crippen LogP contribution in [0.2, 0.25) is 0 Å². The molecule has 0 radical (unpaired) electrons. The van der Waals surface area contributed by atoms with E-state index >= 15 is 0 Å². The first-order chi connectivity index (χ1) is 6.63. The topological polar surface area (TPSA) is 29.3 Å². The lowest BCUT2D eigenvalue weighted by Gasteiger charge is -2.15. The van der Waals surface area contributed by atoms with Gasteiger partial charge in [-0.15, -0.1) is 0 Å². The molecule has 4 heteroatoms. The number of hydrogen-bond donors (Lipinski definition) is 1. The van der Waals surface area contributed by atoms with Crippen molar-refractivity contribution in [1.29, 1.82) is 0 Å². The van der Waals surface area contributed by atoms with E-state index in [9.17, 15) is 8.78 Å². The zero-order valence-corrected chi connectivity index (χ0v) is 8.13. The maximum absolute atomic E-state index is 13.1. The van der Waals surface area contributed by atoms with Gasteiger partial charge in [-0.2, -0.15) is 0 Å². The number of likely N-dealkylation sites (N-methyl/N-ethyl adjacent to an activating group) is 1. The largest absolute Gasteiger partial charge is 0.329 e. The summed E-state index contributed by atoms with van der Waals surface area (Å²) in [7, 11) is 1.82. The van der Waals surface area contributed by atoms with Gasteiger partial charge in [0.15, 0.2) is 0 Å². The Bertz CT molecular complexity index is 302. The molecule has 0 unspecified atom stereocenters. The lowest BCUT2D eigenvalue weighted by Crippen LogP contribution is -2.25. The smallest absolute Gasteiger partial charge is 0.127 e. The van der Waals surface area contributed by atoms with Crippen LogP contribution in [0.3, 0.4) is 0 Å². The van der Waals surface area contributed by atoms with Crippen LogP contribution in [0.5, 0.6) is 0 Å². The van der Waals surface area contributed by atoms with Crippen LogP contribution in [-0.2, 0) is 6.54 Å². The molecular weight excluding hydrogens is 186 g/mol. The minimum Gasteiger partial charge on any atom is -0.329 e. The fourth-order valence-electron chi connectivity index (χ4n) is 1.25. The Hall–Kier alpha value is -1.00. The molecular formula is C10H14F2N2. The maximum Gasteiger partial charge on any atom is 0.127 e. The standard InChI is InChI=1S/C10H14F2N2/c1-14(5-4-13)7-8-6-9(11)2-3-10(8)12/h2-3,6H,4-5,7,13H2,1H3. The van der Waals surface area contributed by atoms with Crippen molar-refractivity contribution in [3.8, 4) is 0 Å². The van der Waals surface area contributed by atoms with E-state index in [4.69, 9.17) is 5.73 Å². The van der Waals surface area contributed by atoms with Crippen molar-refractivity contribution in [2.24, 2.45) is 5.73 Å². The predicted octanol–water partition coefficient (Wildman–Crippen LogP) is 1.36. The number of nitrogens with zero attached hydrogens (tertiary/aromatic N) is 1. The third kappa shape index (κ3) is 3.05. The van der Waals surface area contributed by atoms with Crippen molar-refractivity contribution < 1.29 is 8.78 Å². The van der Waals surface area contributed by atoms with Crippen LogP contribution in [0.25, 0.3) is 0 Å². The molecule has 0 bridgehead atoms. The molecule has 0 aromatic heterocycles. The van der Waals surface area contributed by atoms with Gasteiger partial charge in [-0.05, 0) is 25.2 Å². The molecule has 0 spiro atoms. The molecule has 2 nitrogen and oxygen atoms in total. The second kappa shape index (κ2) is 5.02. The highest BCUT2D eigenvalue weighted by Gasteiger charge is 2.06. The van der Waals surface area contributed by atoms with E-state index in [1.807, 2.05) is 11.9 Å². The Morgan fingerprint density at radius 2 is 2.07 bits per heavy atom. The summed E-state index contributed by atoms with van der Waals surface area (Å²) in [5.74, 6) is -0.794. The van der Waals surface area contributed by atoms with Crippen molar-refractivity contribution >= 4 is 0 Å². The van der Waals surface area contributed by atoms with Gasteiger partial charge in [0.2, 0.25) is 0 Å². The highest BCUT2D eigenvalue weighted by Crippen LogP contribution is 2.11. The number of hydrogen-bond acceptors (Lipinski definition) is 2. The van der Waals surface area contributed by atoms with Gasteiger partial charge in [0.25, 0.3) is 0 Å². The Morgan fingerprint density at radius 1 is 1.36 bits per heavy atom. The average Bonchev–Trinajstić information content (AvgIpc) is 2.12. The fourth-order valence-corrected chi connectivity index (χ4v) is 1.25. The van der Waals surface area contributed by atoms with Gasteiger partial charge in [-0.25, -0.2) is 8.78 Å². The number of rotatable bonds is 4. The van der Waals surface area contributed by atoms with E-state index < -0.39 is 5.82 Å². The molecule has 0 saturated heterocycles. The summed E-state index contributed by atoms with van der Waals surface area (Å²) in [6.45, 7) is 1.55. The third-order valence-corrected chi connectivity index (χ3v) is 1.96. The Morgan fingerprint density at radius 3 is 2.71 bits per heavy atom. The predicted molar refractivity (Wildman–Crippen MR) is 51.7 cm³/mol. The second-order valence-electron chi connectivity index (χ2n) is 3.26. The molecule has 0 aliphatic carbocycles. The molecule has 14 heavy (non-hydrogen) atoms. The molecule has 0 aliphatic heterocycles. The molecule has 0 heterocycles. The van der Waals surface area contributed by atoms with Crippen LogP contribution in [0.4, 0.5) is 8.78 Å². The molecule has 0 atom stereocenters. The van der Waals surface area contributed by atoms with Crippen molar-refractivity contribution in [3.05, 3.63) is 35.4 Å². The highest BCUT2D eigenvalue weighted by atomic mass is 19.1. The van der Waals surface area contributed by atoms with Gasteiger partial charge in [0.1, 0.15) is 11.6 Å². The number of halogens is 2. The van der Waals surface area contributed by atoms with E-state index in [0.29, 0.717) is 25.2 Å². The molecule has 0 fully saturated rings. The summed E-state index contributed by atoms with van der Waals surface area (Å²) < 4.78 is 25.9. The Kier molecular flexibility index (Phi) is 3.98. The second-order valence-corrected chi connectivity index (χ2v) is 3.26. The van der Waals surface area contributed by atoms with Crippen LogP contribution < -0.4 is 5.73 Å². The highest BCUT2D eigenvalue weighted by molar-refractivity contribution is 5.18. The summed E-state index contributed by atoms with van der Waals surface area (Å²) in [5, 5.41) is 0. The first-order valence-electron chi connectivity index (χ1n) is 4.46. The molecule has 0 aliphatic rings. The lowest BCUT2D eigenvalue weighted by atomic mass is 10.2. The normalized spacial score (nSPS) is 10.9. The summed E-state index contributed by atoms with van der Waals surface area (Å²) in [4.78, 5) is 1.85. The van der Waals surface area contributed by atoms with E-state index in [1.54, 1.807) is 0 Å². The van der Waals surface area contributed by atoms with Gasteiger partial charge in [-0.1, -0.05) is 0 Å². The van der Waals surface area contributed by atoms with Crippen molar-refractivity contribution in [3.63, 3.8) is 0 Å². The van der Waals surface area contributed by atoms with Crippen molar-refractivity contribution in [1.82, 2.24) is 4.90 Å². The molecule has 78 valence electrons. The summed E-state index contributed by atoms with van der Waals surface area (Å²) in [6.07, 6.45) is 0. The minimum atomic E-state index is -0.414. The van der Waals surface area contributed by atoms with Gasteiger partial charge in [0, 0.05) is 25.2 Å². The third-order valence-electron chi connectivity index (χ3n) is 1.96. The van der Waals surface area contributed by atoms with E-state index in [-0.39, 0.29) is 5.82 Å². The average molecular weight is 200 g/mol. The molecule has 0 amide bonds. The maximum atomic E-state index is 13.1. The fraction of sp³-hybridized carbons (Fsp3) is 0.400. The van der Waals surface area contributed by atoms with Crippen LogP contribution in [0.15, 0.2) is 18.2 Å². The first-order valence-corrected chi connectivity index (χ1v) is 4.46. The SMILES string of the molecule is CN(CCN)Cc1cc(F)ccc1F. The van der Waals surface area contributed by atoms with Crippen molar-refractivity contribution in [2.75, 3.05) is 20.1 Å². The Balaban J connectivity index is 2.70. The van der Waals surface area contributed by atoms with E-state index in [0.717, 1.165) is 12.1 Å². The van der Waals surface area contributed by atoms with E-state index in [1.165, 1.54) is 6.07 Å². The van der Waals surface area contributed by atoms with Crippen molar-refractivity contribution in [2.45, 2.75) is 6.54 Å². The van der Waals surface area contributed by atoms with Crippen LogP contribution in [-0.4, -0.2) is 25.0 Å². The summed E-state index contributed by atoms with van der Waals surface area (Å²) in [5.41, 5.74) is 5.70. The lowest BCUT2D eigenvalue weighted by molar-refractivity contribution is 0.329. The summed E-state index contributed by atoms with van der Waals surface area (Å²) in [6, 6.07) is 3.46. The number of benzene rings is 1. The van der Waals surface area contributed by atoms with Crippen LogP contribution in [0.1, 0.15) is 5.56 Å². The monoisotopic (exact) mass is 200 g/mol. The molecule has 0 saturated carbocycles. The summed E-state index contributed by atoms with van der Waals surface area (Å²) >= 11 is 0. The zero-order valence-electron chi connectivity index (χ0n) is 8.13. The zero-order chi connectivity index (χ0) is 10.6. The quantitative estimate of drug-likeness (QED) is 0.795. The minimum absolute atomic E-state index is 0.362. The molecule has 1 rings (SSSR count). The molecule has 1 aromatic carbocycles. The van der Waals surface area contributed by atoms with Gasteiger partial charge < -0.3 is 10.6 Å².